The average Bonchev–Trinajstić information content (AvgIpc) is 3.30. The van der Waals surface area contributed by atoms with Gasteiger partial charge in [-0.25, -0.2) is 9.48 Å². The number of methoxy groups -OCH3 is 2. The highest BCUT2D eigenvalue weighted by atomic mass is 16.5. The van der Waals surface area contributed by atoms with Crippen LogP contribution in [0.2, 0.25) is 0 Å². The second kappa shape index (κ2) is 12.5. The zero-order valence-corrected chi connectivity index (χ0v) is 23.4. The van der Waals surface area contributed by atoms with Crippen LogP contribution in [0.1, 0.15) is 51.8 Å². The van der Waals surface area contributed by atoms with Crippen molar-refractivity contribution in [3.05, 3.63) is 59.8 Å². The smallest absolute Gasteiger partial charge is 0.322 e. The molecule has 0 unspecified atom stereocenters. The Morgan fingerprint density at radius 1 is 0.974 bits per heavy atom. The van der Waals surface area contributed by atoms with Crippen molar-refractivity contribution in [2.45, 2.75) is 52.9 Å². The van der Waals surface area contributed by atoms with Gasteiger partial charge in [-0.2, -0.15) is 5.10 Å². The van der Waals surface area contributed by atoms with Crippen LogP contribution < -0.4 is 20.1 Å². The summed E-state index contributed by atoms with van der Waals surface area (Å²) in [5.74, 6) is 1.35. The first-order valence-corrected chi connectivity index (χ1v) is 12.8. The monoisotopic (exact) mass is 521 g/mol. The van der Waals surface area contributed by atoms with E-state index < -0.39 is 0 Å². The van der Waals surface area contributed by atoms with Crippen molar-refractivity contribution in [2.24, 2.45) is 0 Å². The number of hydrogen-bond acceptors (Lipinski definition) is 5. The van der Waals surface area contributed by atoms with Gasteiger partial charge in [-0.1, -0.05) is 51.8 Å². The van der Waals surface area contributed by atoms with Gasteiger partial charge in [-0.3, -0.25) is 4.79 Å². The summed E-state index contributed by atoms with van der Waals surface area (Å²) in [6.07, 6.45) is 1.64. The van der Waals surface area contributed by atoms with Gasteiger partial charge in [0.1, 0.15) is 23.9 Å². The number of anilines is 2. The number of nitrogens with one attached hydrogen (secondary N) is 2. The van der Waals surface area contributed by atoms with Gasteiger partial charge in [0.15, 0.2) is 0 Å². The van der Waals surface area contributed by atoms with Crippen LogP contribution >= 0.6 is 0 Å². The van der Waals surface area contributed by atoms with Crippen molar-refractivity contribution in [2.75, 3.05) is 37.9 Å². The number of urea groups is 1. The maximum atomic E-state index is 13.2. The molecular weight excluding hydrogens is 482 g/mol. The van der Waals surface area contributed by atoms with Crippen LogP contribution in [-0.2, 0) is 10.2 Å². The number of rotatable bonds is 10. The molecule has 38 heavy (non-hydrogen) atoms. The Balaban J connectivity index is 1.81. The lowest BCUT2D eigenvalue weighted by Crippen LogP contribution is -2.41. The molecule has 1 heterocycles. The van der Waals surface area contributed by atoms with E-state index in [4.69, 9.17) is 14.6 Å². The Morgan fingerprint density at radius 2 is 1.61 bits per heavy atom. The molecular formula is C29H39N5O4. The number of benzene rings is 2. The van der Waals surface area contributed by atoms with E-state index in [-0.39, 0.29) is 23.9 Å². The number of unbranched alkanes of at least 4 members (excludes halogenated alkanes) is 1. The standard InChI is InChI=1S/C29H39N5O4/c1-8-9-14-33(28(36)30-21-15-23(37-6)17-24(16-21)38-7)19-27(35)31-26-18-25(29(3,4)5)32-34(26)22-12-10-20(2)11-13-22/h10-13,15-18H,8-9,14,19H2,1-7H3,(H,30,36)(H,31,35). The Bertz CT molecular complexity index is 1220. The number of hydrogen-bond donors (Lipinski definition) is 2. The first kappa shape index (κ1) is 28.6. The molecule has 0 bridgehead atoms. The summed E-state index contributed by atoms with van der Waals surface area (Å²) in [5, 5.41) is 10.6. The van der Waals surface area contributed by atoms with Gasteiger partial charge < -0.3 is 25.0 Å². The molecule has 3 aromatic rings. The van der Waals surface area contributed by atoms with E-state index in [1.54, 1.807) is 37.1 Å². The zero-order valence-electron chi connectivity index (χ0n) is 23.4. The number of carbonyl (C=O) groups is 2. The lowest BCUT2D eigenvalue weighted by molar-refractivity contribution is -0.116. The Hall–Kier alpha value is -4.01. The van der Waals surface area contributed by atoms with Crippen LogP contribution in [0.5, 0.6) is 11.5 Å². The van der Waals surface area contributed by atoms with Crippen LogP contribution in [0, 0.1) is 6.92 Å². The Morgan fingerprint density at radius 3 is 2.16 bits per heavy atom. The second-order valence-electron chi connectivity index (χ2n) is 10.3. The fraction of sp³-hybridized carbons (Fsp3) is 0.414. The average molecular weight is 522 g/mol. The molecule has 2 N–H and O–H groups in total. The van der Waals surface area contributed by atoms with Gasteiger partial charge in [0, 0.05) is 41.9 Å². The van der Waals surface area contributed by atoms with Crippen molar-refractivity contribution in [3.63, 3.8) is 0 Å². The van der Waals surface area contributed by atoms with Gasteiger partial charge in [-0.15, -0.1) is 0 Å². The molecule has 0 saturated carbocycles. The van der Waals surface area contributed by atoms with E-state index >= 15 is 0 Å². The second-order valence-corrected chi connectivity index (χ2v) is 10.3. The highest BCUT2D eigenvalue weighted by Gasteiger charge is 2.23. The Labute approximate surface area is 225 Å². The molecule has 3 rings (SSSR count). The maximum Gasteiger partial charge on any atom is 0.322 e. The first-order chi connectivity index (χ1) is 18.0. The van der Waals surface area contributed by atoms with Gasteiger partial charge in [0.05, 0.1) is 25.6 Å². The largest absolute Gasteiger partial charge is 0.497 e. The minimum absolute atomic E-state index is 0.114. The molecule has 3 amide bonds. The molecule has 9 heteroatoms. The molecule has 204 valence electrons. The molecule has 0 spiro atoms. The molecule has 2 aromatic carbocycles. The summed E-state index contributed by atoms with van der Waals surface area (Å²) in [6.45, 7) is 10.6. The lowest BCUT2D eigenvalue weighted by atomic mass is 9.92. The summed E-state index contributed by atoms with van der Waals surface area (Å²) in [4.78, 5) is 27.9. The highest BCUT2D eigenvalue weighted by molar-refractivity contribution is 5.97. The number of amides is 3. The molecule has 0 radical (unpaired) electrons. The van der Waals surface area contributed by atoms with Crippen molar-refractivity contribution < 1.29 is 19.1 Å². The maximum absolute atomic E-state index is 13.2. The summed E-state index contributed by atoms with van der Waals surface area (Å²) >= 11 is 0. The van der Waals surface area contributed by atoms with Crippen molar-refractivity contribution in [1.82, 2.24) is 14.7 Å². The SMILES string of the molecule is CCCCN(CC(=O)Nc1cc(C(C)(C)C)nn1-c1ccc(C)cc1)C(=O)Nc1cc(OC)cc(OC)c1. The molecule has 0 aliphatic rings. The van der Waals surface area contributed by atoms with Gasteiger partial charge in [0.2, 0.25) is 5.91 Å². The number of carbonyl (C=O) groups excluding carboxylic acids is 2. The summed E-state index contributed by atoms with van der Waals surface area (Å²) in [6, 6.07) is 14.6. The Kier molecular flexibility index (Phi) is 9.39. The van der Waals surface area contributed by atoms with Gasteiger partial charge >= 0.3 is 6.03 Å². The van der Waals surface area contributed by atoms with Crippen molar-refractivity contribution in [3.8, 4) is 17.2 Å². The summed E-state index contributed by atoms with van der Waals surface area (Å²) in [5.41, 5.74) is 3.13. The molecule has 1 aromatic heterocycles. The fourth-order valence-electron chi connectivity index (χ4n) is 3.76. The molecule has 0 fully saturated rings. The molecule has 0 aliphatic heterocycles. The van der Waals surface area contributed by atoms with Crippen LogP contribution in [0.3, 0.4) is 0 Å². The number of aromatic nitrogens is 2. The van der Waals surface area contributed by atoms with Crippen LogP contribution in [-0.4, -0.2) is 53.9 Å². The minimum atomic E-state index is -0.383. The van der Waals surface area contributed by atoms with Crippen LogP contribution in [0.15, 0.2) is 48.5 Å². The molecule has 9 nitrogen and oxygen atoms in total. The third-order valence-electron chi connectivity index (χ3n) is 6.03. The normalized spacial score (nSPS) is 11.1. The van der Waals surface area contributed by atoms with Gasteiger partial charge in [0.25, 0.3) is 0 Å². The van der Waals surface area contributed by atoms with E-state index in [9.17, 15) is 9.59 Å². The molecule has 0 aliphatic carbocycles. The number of aryl methyl sites for hydroxylation is 1. The molecule has 0 saturated heterocycles. The predicted molar refractivity (Wildman–Crippen MR) is 151 cm³/mol. The topological polar surface area (TPSA) is 97.7 Å². The minimum Gasteiger partial charge on any atom is -0.497 e. The van der Waals surface area contributed by atoms with E-state index in [1.165, 1.54) is 4.90 Å². The van der Waals surface area contributed by atoms with E-state index in [2.05, 4.69) is 31.4 Å². The third kappa shape index (κ3) is 7.50. The summed E-state index contributed by atoms with van der Waals surface area (Å²) < 4.78 is 12.3. The van der Waals surface area contributed by atoms with Crippen LogP contribution in [0.4, 0.5) is 16.3 Å². The quantitative estimate of drug-likeness (QED) is 0.353. The van der Waals surface area contributed by atoms with Crippen LogP contribution in [0.25, 0.3) is 5.69 Å². The number of ether oxygens (including phenoxy) is 2. The van der Waals surface area contributed by atoms with Crippen molar-refractivity contribution in [1.29, 1.82) is 0 Å². The van der Waals surface area contributed by atoms with Gasteiger partial charge in [-0.05, 0) is 25.5 Å². The highest BCUT2D eigenvalue weighted by Crippen LogP contribution is 2.27. The third-order valence-corrected chi connectivity index (χ3v) is 6.03. The lowest BCUT2D eigenvalue weighted by Gasteiger charge is -2.23. The van der Waals surface area contributed by atoms with E-state index in [0.717, 1.165) is 29.8 Å². The summed E-state index contributed by atoms with van der Waals surface area (Å²) in [7, 11) is 3.09. The molecule has 0 atom stereocenters. The first-order valence-electron chi connectivity index (χ1n) is 12.8. The van der Waals surface area contributed by atoms with E-state index in [1.807, 2.05) is 44.2 Å². The number of nitrogens with zero attached hydrogens (tertiary/aromatic N) is 3. The van der Waals surface area contributed by atoms with Crippen molar-refractivity contribution >= 4 is 23.4 Å². The van der Waals surface area contributed by atoms with E-state index in [0.29, 0.717) is 29.5 Å². The zero-order chi connectivity index (χ0) is 27.9. The predicted octanol–water partition coefficient (Wildman–Crippen LogP) is 5.77. The fourth-order valence-corrected chi connectivity index (χ4v) is 3.76.